The molecular formula is C14H13NO4S. The number of benzene rings is 1. The lowest BCUT2D eigenvalue weighted by molar-refractivity contribution is -0.0399. The van der Waals surface area contributed by atoms with Gasteiger partial charge in [0.05, 0.1) is 22.6 Å². The Kier molecular flexibility index (Phi) is 4.20. The van der Waals surface area contributed by atoms with Gasteiger partial charge in [0.25, 0.3) is 0 Å². The molecule has 0 bridgehead atoms. The third-order valence-electron chi connectivity index (χ3n) is 2.88. The second-order valence-corrected chi connectivity index (χ2v) is 5.24. The van der Waals surface area contributed by atoms with Gasteiger partial charge in [0.15, 0.2) is 0 Å². The first kappa shape index (κ1) is 14.3. The molecule has 1 aromatic rings. The van der Waals surface area contributed by atoms with E-state index in [0.29, 0.717) is 24.3 Å². The number of ether oxygens (including phenoxy) is 3. The van der Waals surface area contributed by atoms with Crippen molar-refractivity contribution in [2.24, 2.45) is 5.41 Å². The van der Waals surface area contributed by atoms with Crippen LogP contribution in [0.2, 0.25) is 0 Å². The Morgan fingerprint density at radius 2 is 2.00 bits per heavy atom. The first-order valence-electron chi connectivity index (χ1n) is 5.99. The van der Waals surface area contributed by atoms with Crippen LogP contribution in [0.4, 0.5) is 0 Å². The standard InChI is InChI=1S/C14H13NO4S/c1-14(8-18-13(20)19-9-14)7-17-12(16)11-4-2-10(6-15)3-5-11/h2-5H,7-9H2,1H3. The number of carbonyl (C=O) groups excluding carboxylic acids is 1. The van der Waals surface area contributed by atoms with Crippen LogP contribution in [-0.2, 0) is 14.2 Å². The summed E-state index contributed by atoms with van der Waals surface area (Å²) in [6.07, 6.45) is 0. The smallest absolute Gasteiger partial charge is 0.352 e. The summed E-state index contributed by atoms with van der Waals surface area (Å²) in [5.74, 6) is -0.441. The van der Waals surface area contributed by atoms with Crippen LogP contribution >= 0.6 is 12.2 Å². The van der Waals surface area contributed by atoms with E-state index in [1.165, 1.54) is 0 Å². The molecule has 0 amide bonds. The van der Waals surface area contributed by atoms with Crippen molar-refractivity contribution >= 4 is 23.4 Å². The molecule has 1 saturated heterocycles. The van der Waals surface area contributed by atoms with E-state index in [-0.39, 0.29) is 11.8 Å². The monoisotopic (exact) mass is 291 g/mol. The number of thiocarbonyl (C=S) groups is 1. The van der Waals surface area contributed by atoms with Gasteiger partial charge < -0.3 is 14.2 Å². The van der Waals surface area contributed by atoms with Crippen LogP contribution in [0.1, 0.15) is 22.8 Å². The Hall–Kier alpha value is -2.13. The van der Waals surface area contributed by atoms with Gasteiger partial charge in [-0.1, -0.05) is 0 Å². The van der Waals surface area contributed by atoms with E-state index in [2.05, 4.69) is 0 Å². The van der Waals surface area contributed by atoms with E-state index in [4.69, 9.17) is 31.7 Å². The highest BCUT2D eigenvalue weighted by atomic mass is 32.1. The van der Waals surface area contributed by atoms with Gasteiger partial charge in [0, 0.05) is 12.2 Å². The lowest BCUT2D eigenvalue weighted by Crippen LogP contribution is -2.40. The number of hydrogen-bond donors (Lipinski definition) is 0. The number of nitrogens with zero attached hydrogens (tertiary/aromatic N) is 1. The fourth-order valence-electron chi connectivity index (χ4n) is 1.64. The molecule has 0 saturated carbocycles. The summed E-state index contributed by atoms with van der Waals surface area (Å²) < 4.78 is 15.5. The number of hydrogen-bond acceptors (Lipinski definition) is 6. The minimum absolute atomic E-state index is 0.126. The number of esters is 1. The molecule has 1 aromatic carbocycles. The summed E-state index contributed by atoms with van der Waals surface area (Å²) in [6, 6.07) is 8.26. The zero-order valence-electron chi connectivity index (χ0n) is 10.9. The Morgan fingerprint density at radius 3 is 2.55 bits per heavy atom. The van der Waals surface area contributed by atoms with Crippen LogP contribution in [0.25, 0.3) is 0 Å². The van der Waals surface area contributed by atoms with Gasteiger partial charge in [-0.25, -0.2) is 4.79 Å². The first-order valence-corrected chi connectivity index (χ1v) is 6.40. The van der Waals surface area contributed by atoms with E-state index >= 15 is 0 Å². The fourth-order valence-corrected chi connectivity index (χ4v) is 1.75. The van der Waals surface area contributed by atoms with Gasteiger partial charge in [0.2, 0.25) is 0 Å². The maximum absolute atomic E-state index is 11.9. The molecule has 0 radical (unpaired) electrons. The SMILES string of the molecule is CC1(COC(=O)c2ccc(C#N)cc2)COC(=S)OC1. The maximum Gasteiger partial charge on any atom is 0.352 e. The van der Waals surface area contributed by atoms with E-state index in [1.54, 1.807) is 24.3 Å². The molecule has 1 aliphatic heterocycles. The van der Waals surface area contributed by atoms with Crippen molar-refractivity contribution in [2.75, 3.05) is 19.8 Å². The van der Waals surface area contributed by atoms with E-state index < -0.39 is 11.4 Å². The Bertz CT molecular complexity index is 552. The van der Waals surface area contributed by atoms with Crippen LogP contribution in [0.15, 0.2) is 24.3 Å². The first-order chi connectivity index (χ1) is 9.52. The van der Waals surface area contributed by atoms with E-state index in [9.17, 15) is 4.79 Å². The summed E-state index contributed by atoms with van der Waals surface area (Å²) in [5, 5.41) is 8.82. The third kappa shape index (κ3) is 3.45. The molecule has 0 spiro atoms. The van der Waals surface area contributed by atoms with Crippen molar-refractivity contribution in [1.82, 2.24) is 0 Å². The van der Waals surface area contributed by atoms with E-state index in [0.717, 1.165) is 0 Å². The number of carbonyl (C=O) groups is 1. The van der Waals surface area contributed by atoms with Crippen molar-refractivity contribution < 1.29 is 19.0 Å². The zero-order valence-corrected chi connectivity index (χ0v) is 11.7. The molecule has 0 aliphatic carbocycles. The highest BCUT2D eigenvalue weighted by Crippen LogP contribution is 2.23. The van der Waals surface area contributed by atoms with Gasteiger partial charge in [-0.3, -0.25) is 0 Å². The molecule has 0 unspecified atom stereocenters. The molecular weight excluding hydrogens is 278 g/mol. The summed E-state index contributed by atoms with van der Waals surface area (Å²) in [4.78, 5) is 11.9. The summed E-state index contributed by atoms with van der Waals surface area (Å²) in [7, 11) is 0. The molecule has 6 heteroatoms. The average molecular weight is 291 g/mol. The lowest BCUT2D eigenvalue weighted by Gasteiger charge is -2.32. The Labute approximate surface area is 122 Å². The molecule has 1 aliphatic rings. The topological polar surface area (TPSA) is 68.6 Å². The van der Waals surface area contributed by atoms with Gasteiger partial charge in [-0.05, 0) is 31.2 Å². The van der Waals surface area contributed by atoms with Gasteiger partial charge in [0.1, 0.15) is 19.8 Å². The molecule has 104 valence electrons. The Morgan fingerprint density at radius 1 is 1.40 bits per heavy atom. The Balaban J connectivity index is 1.91. The molecule has 0 N–H and O–H groups in total. The second-order valence-electron chi connectivity index (χ2n) is 4.90. The van der Waals surface area contributed by atoms with Crippen LogP contribution in [0.5, 0.6) is 0 Å². The predicted molar refractivity (Wildman–Crippen MR) is 74.0 cm³/mol. The molecule has 2 rings (SSSR count). The predicted octanol–water partition coefficient (Wildman–Crippen LogP) is 2.05. The van der Waals surface area contributed by atoms with Gasteiger partial charge in [-0.2, -0.15) is 5.26 Å². The van der Waals surface area contributed by atoms with Crippen LogP contribution in [-0.4, -0.2) is 31.0 Å². The zero-order chi connectivity index (χ0) is 14.6. The largest absolute Gasteiger partial charge is 0.461 e. The van der Waals surface area contributed by atoms with Crippen LogP contribution in [0.3, 0.4) is 0 Å². The quantitative estimate of drug-likeness (QED) is 0.627. The highest BCUT2D eigenvalue weighted by molar-refractivity contribution is 7.79. The van der Waals surface area contributed by atoms with Crippen molar-refractivity contribution in [3.05, 3.63) is 35.4 Å². The molecule has 0 atom stereocenters. The second kappa shape index (κ2) is 5.88. The fraction of sp³-hybridized carbons (Fsp3) is 0.357. The molecule has 5 nitrogen and oxygen atoms in total. The summed E-state index contributed by atoms with van der Waals surface area (Å²) in [6.45, 7) is 2.77. The lowest BCUT2D eigenvalue weighted by atomic mass is 9.94. The minimum Gasteiger partial charge on any atom is -0.461 e. The maximum atomic E-state index is 11.9. The van der Waals surface area contributed by atoms with E-state index in [1.807, 2.05) is 13.0 Å². The van der Waals surface area contributed by atoms with Crippen molar-refractivity contribution in [3.8, 4) is 6.07 Å². The normalized spacial score (nSPS) is 16.5. The van der Waals surface area contributed by atoms with Crippen molar-refractivity contribution in [1.29, 1.82) is 5.26 Å². The minimum atomic E-state index is -0.441. The summed E-state index contributed by atoms with van der Waals surface area (Å²) >= 11 is 4.77. The van der Waals surface area contributed by atoms with Gasteiger partial charge in [-0.15, -0.1) is 0 Å². The van der Waals surface area contributed by atoms with Crippen molar-refractivity contribution in [3.63, 3.8) is 0 Å². The highest BCUT2D eigenvalue weighted by Gasteiger charge is 2.33. The molecule has 20 heavy (non-hydrogen) atoms. The molecule has 1 heterocycles. The van der Waals surface area contributed by atoms with Gasteiger partial charge >= 0.3 is 11.2 Å². The summed E-state index contributed by atoms with van der Waals surface area (Å²) in [5.41, 5.74) is 0.488. The van der Waals surface area contributed by atoms with Crippen molar-refractivity contribution in [2.45, 2.75) is 6.92 Å². The number of rotatable bonds is 3. The molecule has 0 aromatic heterocycles. The average Bonchev–Trinajstić information content (AvgIpc) is 2.48. The third-order valence-corrected chi connectivity index (χ3v) is 3.11. The number of nitriles is 1. The van der Waals surface area contributed by atoms with Crippen LogP contribution < -0.4 is 0 Å². The molecule has 1 fully saturated rings. The van der Waals surface area contributed by atoms with Crippen LogP contribution in [0, 0.1) is 16.7 Å².